The third-order valence-corrected chi connectivity index (χ3v) is 3.63. The van der Waals surface area contributed by atoms with Gasteiger partial charge in [0.15, 0.2) is 0 Å². The molecule has 0 spiro atoms. The summed E-state index contributed by atoms with van der Waals surface area (Å²) in [7, 11) is 0. The molecular weight excluding hydrogens is 219 g/mol. The third kappa shape index (κ3) is 1.75. The van der Waals surface area contributed by atoms with E-state index in [1.54, 1.807) is 6.07 Å². The number of rotatable bonds is 1. The van der Waals surface area contributed by atoms with Gasteiger partial charge in [-0.2, -0.15) is 9.65 Å². The molecule has 0 aliphatic carbocycles. The molecule has 2 saturated heterocycles. The Morgan fingerprint density at radius 1 is 1.59 bits per heavy atom. The predicted molar refractivity (Wildman–Crippen MR) is 61.1 cm³/mol. The van der Waals surface area contributed by atoms with Crippen molar-refractivity contribution in [3.63, 3.8) is 0 Å². The van der Waals surface area contributed by atoms with Crippen LogP contribution >= 0.6 is 0 Å². The van der Waals surface area contributed by atoms with Crippen LogP contribution in [-0.2, 0) is 0 Å². The molecule has 0 radical (unpaired) electrons. The van der Waals surface area contributed by atoms with Gasteiger partial charge < -0.3 is 10.2 Å². The Morgan fingerprint density at radius 2 is 2.47 bits per heavy atom. The molecule has 3 heterocycles. The van der Waals surface area contributed by atoms with E-state index in [9.17, 15) is 4.39 Å². The van der Waals surface area contributed by atoms with Crippen molar-refractivity contribution < 1.29 is 4.39 Å². The van der Waals surface area contributed by atoms with Crippen molar-refractivity contribution in [3.05, 3.63) is 23.8 Å². The maximum Gasteiger partial charge on any atom is 0.230 e. The number of pyridine rings is 1. The van der Waals surface area contributed by atoms with Crippen LogP contribution in [0.15, 0.2) is 12.3 Å². The van der Waals surface area contributed by atoms with Crippen molar-refractivity contribution >= 4 is 5.69 Å². The summed E-state index contributed by atoms with van der Waals surface area (Å²) >= 11 is 0. The second kappa shape index (κ2) is 3.97. The van der Waals surface area contributed by atoms with Crippen LogP contribution in [0.3, 0.4) is 0 Å². The van der Waals surface area contributed by atoms with Gasteiger partial charge in [-0.15, -0.1) is 0 Å². The van der Waals surface area contributed by atoms with Gasteiger partial charge in [0.25, 0.3) is 0 Å². The van der Waals surface area contributed by atoms with Crippen molar-refractivity contribution in [1.82, 2.24) is 10.3 Å². The van der Waals surface area contributed by atoms with Gasteiger partial charge in [0.1, 0.15) is 11.6 Å². The number of hydrogen-bond donors (Lipinski definition) is 1. The minimum Gasteiger partial charge on any atom is -0.366 e. The highest BCUT2D eigenvalue weighted by atomic mass is 19.1. The van der Waals surface area contributed by atoms with E-state index in [4.69, 9.17) is 5.26 Å². The summed E-state index contributed by atoms with van der Waals surface area (Å²) in [6.45, 7) is 1.91. The molecule has 3 rings (SSSR count). The fraction of sp³-hybridized carbons (Fsp3) is 0.500. The standard InChI is InChI=1S/C12H13FN4/c13-12-8(5-14)3-10(7-16-12)17-2-1-9-4-11(17)6-15-9/h3,7,9,11,15H,1-2,4,6H2/t9-,11+/m1/s1. The Bertz CT molecular complexity index is 482. The van der Waals surface area contributed by atoms with Gasteiger partial charge in [-0.1, -0.05) is 0 Å². The molecule has 0 amide bonds. The number of hydrogen-bond acceptors (Lipinski definition) is 4. The fourth-order valence-corrected chi connectivity index (χ4v) is 2.75. The molecule has 4 nitrogen and oxygen atoms in total. The van der Waals surface area contributed by atoms with Crippen molar-refractivity contribution in [3.8, 4) is 6.07 Å². The topological polar surface area (TPSA) is 52.0 Å². The Labute approximate surface area is 99.1 Å². The SMILES string of the molecule is N#Cc1cc(N2CC[C@@H]3C[C@H]2CN3)cnc1F. The van der Waals surface area contributed by atoms with Crippen LogP contribution in [0.1, 0.15) is 18.4 Å². The largest absolute Gasteiger partial charge is 0.366 e. The van der Waals surface area contributed by atoms with E-state index >= 15 is 0 Å². The van der Waals surface area contributed by atoms with Gasteiger partial charge >= 0.3 is 0 Å². The van der Waals surface area contributed by atoms with E-state index in [1.165, 1.54) is 6.20 Å². The van der Waals surface area contributed by atoms with Gasteiger partial charge in [0.05, 0.1) is 11.9 Å². The van der Waals surface area contributed by atoms with Crippen LogP contribution < -0.4 is 10.2 Å². The maximum atomic E-state index is 13.2. The lowest BCUT2D eigenvalue weighted by Crippen LogP contribution is -2.40. The Kier molecular flexibility index (Phi) is 2.45. The maximum absolute atomic E-state index is 13.2. The Hall–Kier alpha value is -1.67. The summed E-state index contributed by atoms with van der Waals surface area (Å²) in [4.78, 5) is 5.88. The van der Waals surface area contributed by atoms with E-state index in [0.717, 1.165) is 31.6 Å². The van der Waals surface area contributed by atoms with Crippen molar-refractivity contribution in [2.45, 2.75) is 24.9 Å². The van der Waals surface area contributed by atoms with E-state index in [0.29, 0.717) is 12.1 Å². The van der Waals surface area contributed by atoms with Crippen LogP contribution in [0.4, 0.5) is 10.1 Å². The van der Waals surface area contributed by atoms with Crippen molar-refractivity contribution in [2.75, 3.05) is 18.0 Å². The molecule has 0 unspecified atom stereocenters. The molecule has 1 aromatic heterocycles. The van der Waals surface area contributed by atoms with Crippen LogP contribution in [-0.4, -0.2) is 30.2 Å². The Balaban J connectivity index is 1.91. The number of nitriles is 1. The molecule has 2 fully saturated rings. The lowest BCUT2D eigenvalue weighted by Gasteiger charge is -2.34. The van der Waals surface area contributed by atoms with Gasteiger partial charge in [-0.05, 0) is 18.9 Å². The van der Waals surface area contributed by atoms with E-state index < -0.39 is 5.95 Å². The zero-order chi connectivity index (χ0) is 11.8. The third-order valence-electron chi connectivity index (χ3n) is 3.63. The average Bonchev–Trinajstić information content (AvgIpc) is 2.73. The quantitative estimate of drug-likeness (QED) is 0.735. The smallest absolute Gasteiger partial charge is 0.230 e. The number of nitrogens with one attached hydrogen (secondary N) is 1. The number of anilines is 1. The zero-order valence-corrected chi connectivity index (χ0v) is 9.36. The number of piperidine rings is 1. The molecule has 2 atom stereocenters. The second-order valence-electron chi connectivity index (χ2n) is 4.62. The minimum absolute atomic E-state index is 0.0237. The molecule has 0 aromatic carbocycles. The first-order valence-corrected chi connectivity index (χ1v) is 5.83. The molecule has 2 aliphatic heterocycles. The average molecular weight is 232 g/mol. The van der Waals surface area contributed by atoms with Gasteiger partial charge in [0.2, 0.25) is 5.95 Å². The number of aromatic nitrogens is 1. The van der Waals surface area contributed by atoms with Crippen LogP contribution in [0.5, 0.6) is 0 Å². The monoisotopic (exact) mass is 232 g/mol. The fourth-order valence-electron chi connectivity index (χ4n) is 2.75. The molecule has 1 aromatic rings. The zero-order valence-electron chi connectivity index (χ0n) is 9.36. The van der Waals surface area contributed by atoms with Crippen molar-refractivity contribution in [1.29, 1.82) is 5.26 Å². The van der Waals surface area contributed by atoms with Crippen molar-refractivity contribution in [2.24, 2.45) is 0 Å². The lowest BCUT2D eigenvalue weighted by molar-refractivity contribution is 0.489. The van der Waals surface area contributed by atoms with Gasteiger partial charge in [0, 0.05) is 25.2 Å². The molecule has 2 bridgehead atoms. The summed E-state index contributed by atoms with van der Waals surface area (Å²) in [6, 6.07) is 4.51. The predicted octanol–water partition coefficient (Wildman–Crippen LogP) is 1.03. The highest BCUT2D eigenvalue weighted by molar-refractivity contribution is 5.51. The minimum atomic E-state index is -0.685. The van der Waals surface area contributed by atoms with Gasteiger partial charge in [-0.3, -0.25) is 0 Å². The lowest BCUT2D eigenvalue weighted by atomic mass is 10.0. The first-order valence-electron chi connectivity index (χ1n) is 5.83. The number of halogens is 1. The van der Waals surface area contributed by atoms with E-state index in [-0.39, 0.29) is 5.56 Å². The summed E-state index contributed by atoms with van der Waals surface area (Å²) < 4.78 is 13.2. The summed E-state index contributed by atoms with van der Waals surface area (Å²) in [6.07, 6.45) is 3.74. The molecule has 0 saturated carbocycles. The highest BCUT2D eigenvalue weighted by Gasteiger charge is 2.34. The molecule has 5 heteroatoms. The van der Waals surface area contributed by atoms with Gasteiger partial charge in [-0.25, -0.2) is 4.98 Å². The normalized spacial score (nSPS) is 26.9. The molecular formula is C12H13FN4. The van der Waals surface area contributed by atoms with Crippen LogP contribution in [0.2, 0.25) is 0 Å². The number of nitrogens with zero attached hydrogens (tertiary/aromatic N) is 3. The highest BCUT2D eigenvalue weighted by Crippen LogP contribution is 2.28. The first kappa shape index (κ1) is 10.5. The van der Waals surface area contributed by atoms with Crippen LogP contribution in [0.25, 0.3) is 0 Å². The second-order valence-corrected chi connectivity index (χ2v) is 4.62. The summed E-state index contributed by atoms with van der Waals surface area (Å²) in [5.74, 6) is -0.685. The first-order chi connectivity index (χ1) is 8.28. The van der Waals surface area contributed by atoms with Crippen LogP contribution in [0, 0.1) is 17.3 Å². The number of fused-ring (bicyclic) bond motifs is 2. The summed E-state index contributed by atoms with van der Waals surface area (Å²) in [5.41, 5.74) is 0.880. The van der Waals surface area contributed by atoms with E-state index in [2.05, 4.69) is 15.2 Å². The molecule has 2 aliphatic rings. The Morgan fingerprint density at radius 3 is 3.29 bits per heavy atom. The molecule has 17 heavy (non-hydrogen) atoms. The van der Waals surface area contributed by atoms with E-state index in [1.807, 2.05) is 6.07 Å². The molecule has 1 N–H and O–H groups in total. The summed E-state index contributed by atoms with van der Waals surface area (Å²) in [5, 5.41) is 12.3. The molecule has 88 valence electrons.